The van der Waals surface area contributed by atoms with Crippen LogP contribution in [-0.4, -0.2) is 19.1 Å². The van der Waals surface area contributed by atoms with Crippen molar-refractivity contribution < 1.29 is 4.42 Å². The summed E-state index contributed by atoms with van der Waals surface area (Å²) in [4.78, 5) is 10.9. The van der Waals surface area contributed by atoms with Gasteiger partial charge < -0.3 is 8.98 Å². The first-order chi connectivity index (χ1) is 33.2. The Bertz CT molecular complexity index is 4210. The molecule has 4 heterocycles. The largest absolute Gasteiger partial charge is 0.456 e. The lowest BCUT2D eigenvalue weighted by atomic mass is 9.89. The van der Waals surface area contributed by atoms with Crippen LogP contribution >= 0.6 is 0 Å². The zero-order chi connectivity index (χ0) is 44.0. The number of para-hydroxylation sites is 5. The number of hydrogen-bond donors (Lipinski definition) is 0. The predicted octanol–water partition coefficient (Wildman–Crippen LogP) is 14.3. The lowest BCUT2D eigenvalue weighted by Gasteiger charge is -2.15. The standard InChI is InChI=1S/C62H40N4O/c1-2-15-39(16-3-1)60-52-24-4-8-27-54(52)63-62(64-60)66-57-34-32-45(65-55-28-9-5-21-47(55)48-22-6-10-29-56(48)65)38-53(57)51-26-14-25-46(61(51)66)44-20-13-19-42(36-44)40-17-12-18-41(35-40)43-31-33-50-49-23-7-11-30-58(49)67-59(50)37-43/h1-30,32-38,43H,31H2. The topological polar surface area (TPSA) is 48.8 Å². The van der Waals surface area contributed by atoms with Crippen LogP contribution in [-0.2, 0) is 0 Å². The van der Waals surface area contributed by atoms with E-state index in [1.54, 1.807) is 0 Å². The minimum absolute atomic E-state index is 0.218. The molecule has 314 valence electrons. The van der Waals surface area contributed by atoms with Crippen LogP contribution in [0.15, 0.2) is 217 Å². The lowest BCUT2D eigenvalue weighted by molar-refractivity contribution is 0.569. The Morgan fingerprint density at radius 2 is 1.09 bits per heavy atom. The molecule has 0 N–H and O–H groups in total. The number of rotatable bonds is 6. The van der Waals surface area contributed by atoms with Crippen molar-refractivity contribution in [2.24, 2.45) is 0 Å². The van der Waals surface area contributed by atoms with E-state index in [1.807, 2.05) is 6.07 Å². The van der Waals surface area contributed by atoms with Crippen LogP contribution < -0.4 is 10.6 Å². The van der Waals surface area contributed by atoms with Crippen LogP contribution in [0.2, 0.25) is 0 Å². The third-order valence-corrected chi connectivity index (χ3v) is 13.9. The molecular weight excluding hydrogens is 817 g/mol. The molecule has 0 fully saturated rings. The summed E-state index contributed by atoms with van der Waals surface area (Å²) in [6, 6.07) is 76.1. The van der Waals surface area contributed by atoms with Gasteiger partial charge in [-0.15, -0.1) is 0 Å². The highest BCUT2D eigenvalue weighted by atomic mass is 16.3. The predicted molar refractivity (Wildman–Crippen MR) is 276 cm³/mol. The Balaban J connectivity index is 0.971. The molecule has 0 saturated heterocycles. The molecule has 9 aromatic carbocycles. The van der Waals surface area contributed by atoms with E-state index in [2.05, 4.69) is 228 Å². The zero-order valence-corrected chi connectivity index (χ0v) is 36.3. The van der Waals surface area contributed by atoms with Gasteiger partial charge in [0.2, 0.25) is 5.95 Å². The molecule has 1 atom stereocenters. The van der Waals surface area contributed by atoms with E-state index >= 15 is 0 Å². The Morgan fingerprint density at radius 3 is 1.93 bits per heavy atom. The number of nitrogens with zero attached hydrogens (tertiary/aromatic N) is 4. The Morgan fingerprint density at radius 1 is 0.448 bits per heavy atom. The highest BCUT2D eigenvalue weighted by Gasteiger charge is 2.22. The van der Waals surface area contributed by atoms with Gasteiger partial charge in [-0.05, 0) is 83.3 Å². The summed E-state index contributed by atoms with van der Waals surface area (Å²) in [7, 11) is 0. The molecule has 0 radical (unpaired) electrons. The van der Waals surface area contributed by atoms with Crippen molar-refractivity contribution >= 4 is 77.6 Å². The first kappa shape index (κ1) is 37.6. The number of fused-ring (bicyclic) bond motifs is 10. The van der Waals surface area contributed by atoms with Crippen molar-refractivity contribution in [3.63, 3.8) is 0 Å². The average Bonchev–Trinajstić information content (AvgIpc) is 4.06. The average molecular weight is 857 g/mol. The van der Waals surface area contributed by atoms with Crippen LogP contribution in [0.25, 0.3) is 123 Å². The van der Waals surface area contributed by atoms with E-state index in [-0.39, 0.29) is 5.92 Å². The maximum absolute atomic E-state index is 6.33. The summed E-state index contributed by atoms with van der Waals surface area (Å²) in [5.41, 5.74) is 16.1. The molecule has 5 nitrogen and oxygen atoms in total. The quantitative estimate of drug-likeness (QED) is 0.167. The minimum Gasteiger partial charge on any atom is -0.456 e. The number of benzene rings is 9. The molecule has 0 amide bonds. The zero-order valence-electron chi connectivity index (χ0n) is 36.3. The minimum atomic E-state index is 0.218. The van der Waals surface area contributed by atoms with Gasteiger partial charge in [0.05, 0.1) is 33.3 Å². The van der Waals surface area contributed by atoms with Crippen molar-refractivity contribution in [1.82, 2.24) is 19.1 Å². The number of aromatic nitrogens is 4. The van der Waals surface area contributed by atoms with E-state index in [9.17, 15) is 0 Å². The van der Waals surface area contributed by atoms with Crippen molar-refractivity contribution in [3.05, 3.63) is 229 Å². The molecule has 67 heavy (non-hydrogen) atoms. The van der Waals surface area contributed by atoms with Gasteiger partial charge in [0.1, 0.15) is 11.0 Å². The molecule has 0 aliphatic heterocycles. The molecule has 5 heteroatoms. The maximum Gasteiger partial charge on any atom is 0.235 e. The van der Waals surface area contributed by atoms with Crippen LogP contribution in [0.5, 0.6) is 0 Å². The summed E-state index contributed by atoms with van der Waals surface area (Å²) < 4.78 is 11.0. The summed E-state index contributed by atoms with van der Waals surface area (Å²) >= 11 is 0. The van der Waals surface area contributed by atoms with Gasteiger partial charge in [0, 0.05) is 60.3 Å². The fraction of sp³-hybridized carbons (Fsp3) is 0.0323. The molecule has 1 aliphatic carbocycles. The second kappa shape index (κ2) is 14.9. The van der Waals surface area contributed by atoms with Gasteiger partial charge in [-0.2, -0.15) is 0 Å². The van der Waals surface area contributed by atoms with Gasteiger partial charge in [-0.1, -0.05) is 170 Å². The van der Waals surface area contributed by atoms with Crippen LogP contribution in [0.4, 0.5) is 0 Å². The van der Waals surface area contributed by atoms with Crippen molar-refractivity contribution in [3.8, 4) is 45.1 Å². The summed E-state index contributed by atoms with van der Waals surface area (Å²) in [5, 5.41) is 8.14. The molecular formula is C62H40N4O. The van der Waals surface area contributed by atoms with Crippen molar-refractivity contribution in [1.29, 1.82) is 0 Å². The Hall–Kier alpha value is -8.80. The molecule has 4 aromatic heterocycles. The molecule has 1 unspecified atom stereocenters. The van der Waals surface area contributed by atoms with Crippen LogP contribution in [0, 0.1) is 0 Å². The van der Waals surface area contributed by atoms with Crippen molar-refractivity contribution in [2.45, 2.75) is 12.3 Å². The van der Waals surface area contributed by atoms with E-state index in [1.165, 1.54) is 43.5 Å². The first-order valence-electron chi connectivity index (χ1n) is 23.0. The van der Waals surface area contributed by atoms with Crippen molar-refractivity contribution in [2.75, 3.05) is 0 Å². The van der Waals surface area contributed by atoms with Gasteiger partial charge in [0.15, 0.2) is 0 Å². The monoisotopic (exact) mass is 856 g/mol. The highest BCUT2D eigenvalue weighted by Crippen LogP contribution is 2.42. The molecule has 0 spiro atoms. The summed E-state index contributed by atoms with van der Waals surface area (Å²) in [6.07, 6.45) is 5.57. The summed E-state index contributed by atoms with van der Waals surface area (Å²) in [6.45, 7) is 0. The maximum atomic E-state index is 6.33. The van der Waals surface area contributed by atoms with Gasteiger partial charge in [-0.25, -0.2) is 9.97 Å². The fourth-order valence-corrected chi connectivity index (χ4v) is 10.8. The third kappa shape index (κ3) is 5.95. The van der Waals surface area contributed by atoms with Crippen LogP contribution in [0.1, 0.15) is 17.9 Å². The second-order valence-electron chi connectivity index (χ2n) is 17.7. The third-order valence-electron chi connectivity index (χ3n) is 13.9. The lowest BCUT2D eigenvalue weighted by Crippen LogP contribution is -2.24. The van der Waals surface area contributed by atoms with E-state index in [0.29, 0.717) is 5.95 Å². The smallest absolute Gasteiger partial charge is 0.235 e. The summed E-state index contributed by atoms with van der Waals surface area (Å²) in [5.74, 6) is 0.849. The molecule has 0 bridgehead atoms. The van der Waals surface area contributed by atoms with Gasteiger partial charge >= 0.3 is 0 Å². The SMILES string of the molecule is C1=c2oc3ccccc3c2=CCC1c1cccc(-c2cccc(-c3cccc4c5cc(-n6c7ccccc7c7ccccc76)ccc5n(-c5nc(-c6ccccc6)c6ccccc6n5)c34)c2)c1. The normalized spacial score (nSPS) is 13.7. The number of furan rings is 1. The highest BCUT2D eigenvalue weighted by molar-refractivity contribution is 6.15. The van der Waals surface area contributed by atoms with Crippen LogP contribution in [0.3, 0.4) is 0 Å². The molecule has 14 rings (SSSR count). The Kier molecular flexibility index (Phi) is 8.34. The van der Waals surface area contributed by atoms with E-state index in [4.69, 9.17) is 14.4 Å². The Labute approximate surface area is 385 Å². The number of hydrogen-bond acceptors (Lipinski definition) is 3. The second-order valence-corrected chi connectivity index (χ2v) is 17.7. The van der Waals surface area contributed by atoms with E-state index < -0.39 is 0 Å². The van der Waals surface area contributed by atoms with Gasteiger partial charge in [-0.3, -0.25) is 4.57 Å². The molecule has 0 saturated carbocycles. The molecule has 1 aliphatic rings. The van der Waals surface area contributed by atoms with Gasteiger partial charge in [0.25, 0.3) is 0 Å². The fourth-order valence-electron chi connectivity index (χ4n) is 10.8. The van der Waals surface area contributed by atoms with E-state index in [0.717, 1.165) is 83.8 Å². The first-order valence-corrected chi connectivity index (χ1v) is 23.0. The molecule has 13 aromatic rings.